The highest BCUT2D eigenvalue weighted by molar-refractivity contribution is 7.89. The SMILES string of the molecule is CC(C)NS(=O)(=O)c1ccc2c(c1)CCN2. The van der Waals surface area contributed by atoms with E-state index in [1.54, 1.807) is 12.1 Å². The van der Waals surface area contributed by atoms with E-state index in [-0.39, 0.29) is 6.04 Å². The molecule has 0 aromatic heterocycles. The summed E-state index contributed by atoms with van der Waals surface area (Å²) in [5.74, 6) is 0. The molecular weight excluding hydrogens is 224 g/mol. The van der Waals surface area contributed by atoms with Gasteiger partial charge in [0.2, 0.25) is 10.0 Å². The largest absolute Gasteiger partial charge is 0.384 e. The lowest BCUT2D eigenvalue weighted by atomic mass is 10.2. The zero-order chi connectivity index (χ0) is 11.8. The summed E-state index contributed by atoms with van der Waals surface area (Å²) in [5, 5.41) is 3.20. The molecule has 0 spiro atoms. The Balaban J connectivity index is 2.34. The molecule has 1 aliphatic rings. The van der Waals surface area contributed by atoms with Crippen molar-refractivity contribution in [3.63, 3.8) is 0 Å². The number of fused-ring (bicyclic) bond motifs is 1. The summed E-state index contributed by atoms with van der Waals surface area (Å²) in [4.78, 5) is 0.351. The first-order valence-corrected chi connectivity index (χ1v) is 6.86. The molecule has 2 rings (SSSR count). The molecule has 1 heterocycles. The zero-order valence-electron chi connectivity index (χ0n) is 9.45. The molecule has 0 unspecified atom stereocenters. The number of hydrogen-bond acceptors (Lipinski definition) is 3. The number of anilines is 1. The van der Waals surface area contributed by atoms with Gasteiger partial charge in [0, 0.05) is 18.3 Å². The normalized spacial score (nSPS) is 14.9. The quantitative estimate of drug-likeness (QED) is 0.838. The van der Waals surface area contributed by atoms with Gasteiger partial charge in [0.15, 0.2) is 0 Å². The molecule has 0 fully saturated rings. The van der Waals surface area contributed by atoms with E-state index in [4.69, 9.17) is 0 Å². The highest BCUT2D eigenvalue weighted by Crippen LogP contribution is 2.24. The van der Waals surface area contributed by atoms with Crippen molar-refractivity contribution in [3.8, 4) is 0 Å². The highest BCUT2D eigenvalue weighted by atomic mass is 32.2. The lowest BCUT2D eigenvalue weighted by Crippen LogP contribution is -2.30. The van der Waals surface area contributed by atoms with Gasteiger partial charge in [-0.05, 0) is 44.0 Å². The predicted octanol–water partition coefficient (Wildman–Crippen LogP) is 1.34. The average molecular weight is 240 g/mol. The summed E-state index contributed by atoms with van der Waals surface area (Å²) >= 11 is 0. The molecule has 0 atom stereocenters. The van der Waals surface area contributed by atoms with E-state index in [9.17, 15) is 8.42 Å². The summed E-state index contributed by atoms with van der Waals surface area (Å²) in [6.07, 6.45) is 0.889. The zero-order valence-corrected chi connectivity index (χ0v) is 10.3. The van der Waals surface area contributed by atoms with Crippen molar-refractivity contribution in [2.45, 2.75) is 31.2 Å². The van der Waals surface area contributed by atoms with Crippen molar-refractivity contribution in [1.82, 2.24) is 4.72 Å². The Morgan fingerprint density at radius 3 is 2.81 bits per heavy atom. The molecule has 0 saturated heterocycles. The molecule has 0 amide bonds. The van der Waals surface area contributed by atoms with E-state index in [1.807, 2.05) is 19.9 Å². The number of sulfonamides is 1. The topological polar surface area (TPSA) is 58.2 Å². The molecule has 16 heavy (non-hydrogen) atoms. The third-order valence-corrected chi connectivity index (χ3v) is 4.14. The molecule has 1 aromatic rings. The van der Waals surface area contributed by atoms with Crippen molar-refractivity contribution >= 4 is 15.7 Å². The van der Waals surface area contributed by atoms with Gasteiger partial charge in [-0.15, -0.1) is 0 Å². The van der Waals surface area contributed by atoms with Gasteiger partial charge in [-0.3, -0.25) is 0 Å². The Morgan fingerprint density at radius 2 is 2.12 bits per heavy atom. The maximum Gasteiger partial charge on any atom is 0.240 e. The van der Waals surface area contributed by atoms with Gasteiger partial charge in [0.25, 0.3) is 0 Å². The number of benzene rings is 1. The van der Waals surface area contributed by atoms with E-state index in [0.717, 1.165) is 24.2 Å². The molecule has 88 valence electrons. The van der Waals surface area contributed by atoms with Crippen LogP contribution in [0.5, 0.6) is 0 Å². The summed E-state index contributed by atoms with van der Waals surface area (Å²) < 4.78 is 26.4. The van der Waals surface area contributed by atoms with Crippen molar-refractivity contribution in [1.29, 1.82) is 0 Å². The lowest BCUT2D eigenvalue weighted by molar-refractivity contribution is 0.570. The minimum Gasteiger partial charge on any atom is -0.384 e. The number of rotatable bonds is 3. The van der Waals surface area contributed by atoms with E-state index in [2.05, 4.69) is 10.0 Å². The monoisotopic (exact) mass is 240 g/mol. The van der Waals surface area contributed by atoms with Crippen LogP contribution in [0.4, 0.5) is 5.69 Å². The van der Waals surface area contributed by atoms with Gasteiger partial charge in [0.1, 0.15) is 0 Å². The Labute approximate surface area is 96.1 Å². The first-order valence-electron chi connectivity index (χ1n) is 5.38. The molecule has 0 aliphatic carbocycles. The lowest BCUT2D eigenvalue weighted by Gasteiger charge is -2.10. The van der Waals surface area contributed by atoms with Gasteiger partial charge in [0.05, 0.1) is 4.90 Å². The Hall–Kier alpha value is -1.07. The highest BCUT2D eigenvalue weighted by Gasteiger charge is 2.18. The first-order chi connectivity index (χ1) is 7.49. The smallest absolute Gasteiger partial charge is 0.240 e. The maximum absolute atomic E-state index is 11.9. The van der Waals surface area contributed by atoms with Crippen molar-refractivity contribution < 1.29 is 8.42 Å². The van der Waals surface area contributed by atoms with Crippen LogP contribution in [0.25, 0.3) is 0 Å². The molecule has 0 bridgehead atoms. The summed E-state index contributed by atoms with van der Waals surface area (Å²) in [5.41, 5.74) is 2.12. The summed E-state index contributed by atoms with van der Waals surface area (Å²) in [6.45, 7) is 4.51. The second-order valence-corrected chi connectivity index (χ2v) is 5.99. The second kappa shape index (κ2) is 4.07. The van der Waals surface area contributed by atoms with Crippen LogP contribution in [0.3, 0.4) is 0 Å². The van der Waals surface area contributed by atoms with Gasteiger partial charge >= 0.3 is 0 Å². The van der Waals surface area contributed by atoms with Crippen LogP contribution in [-0.2, 0) is 16.4 Å². The molecule has 1 aromatic carbocycles. The van der Waals surface area contributed by atoms with E-state index < -0.39 is 10.0 Å². The fourth-order valence-electron chi connectivity index (χ4n) is 1.83. The van der Waals surface area contributed by atoms with Crippen molar-refractivity contribution in [2.24, 2.45) is 0 Å². The molecule has 1 aliphatic heterocycles. The fourth-order valence-corrected chi connectivity index (χ4v) is 3.13. The van der Waals surface area contributed by atoms with E-state index >= 15 is 0 Å². The van der Waals surface area contributed by atoms with E-state index in [1.165, 1.54) is 0 Å². The minimum atomic E-state index is -3.36. The molecule has 0 saturated carbocycles. The third kappa shape index (κ3) is 2.20. The standard InChI is InChI=1S/C11H16N2O2S/c1-8(2)13-16(14,15)10-3-4-11-9(7-10)5-6-12-11/h3-4,7-8,12-13H,5-6H2,1-2H3. The van der Waals surface area contributed by atoms with Crippen LogP contribution in [0.2, 0.25) is 0 Å². The summed E-state index contributed by atoms with van der Waals surface area (Å²) in [7, 11) is -3.36. The molecule has 4 nitrogen and oxygen atoms in total. The van der Waals surface area contributed by atoms with Crippen LogP contribution in [-0.4, -0.2) is 21.0 Å². The average Bonchev–Trinajstić information content (AvgIpc) is 2.61. The van der Waals surface area contributed by atoms with Crippen molar-refractivity contribution in [3.05, 3.63) is 23.8 Å². The van der Waals surface area contributed by atoms with Gasteiger partial charge in [-0.25, -0.2) is 13.1 Å². The third-order valence-electron chi connectivity index (χ3n) is 2.49. The molecular formula is C11H16N2O2S. The summed E-state index contributed by atoms with van der Waals surface area (Å²) in [6, 6.07) is 5.13. The molecule has 5 heteroatoms. The molecule has 2 N–H and O–H groups in total. The Morgan fingerprint density at radius 1 is 1.38 bits per heavy atom. The predicted molar refractivity (Wildman–Crippen MR) is 64.1 cm³/mol. The maximum atomic E-state index is 11.9. The van der Waals surface area contributed by atoms with E-state index in [0.29, 0.717) is 4.90 Å². The molecule has 0 radical (unpaired) electrons. The Bertz CT molecular complexity index is 495. The van der Waals surface area contributed by atoms with Crippen LogP contribution in [0.1, 0.15) is 19.4 Å². The number of nitrogens with one attached hydrogen (secondary N) is 2. The van der Waals surface area contributed by atoms with Crippen LogP contribution in [0.15, 0.2) is 23.1 Å². The van der Waals surface area contributed by atoms with Crippen LogP contribution in [0, 0.1) is 0 Å². The van der Waals surface area contributed by atoms with Crippen molar-refractivity contribution in [2.75, 3.05) is 11.9 Å². The van der Waals surface area contributed by atoms with Gasteiger partial charge in [-0.2, -0.15) is 0 Å². The van der Waals surface area contributed by atoms with Gasteiger partial charge < -0.3 is 5.32 Å². The Kier molecular flexibility index (Phi) is 2.90. The van der Waals surface area contributed by atoms with Crippen LogP contribution >= 0.6 is 0 Å². The van der Waals surface area contributed by atoms with Gasteiger partial charge in [-0.1, -0.05) is 0 Å². The minimum absolute atomic E-state index is 0.0867. The fraction of sp³-hybridized carbons (Fsp3) is 0.455. The number of hydrogen-bond donors (Lipinski definition) is 2. The first kappa shape index (κ1) is 11.4. The van der Waals surface area contributed by atoms with Crippen LogP contribution < -0.4 is 10.0 Å². The second-order valence-electron chi connectivity index (χ2n) is 4.27.